The summed E-state index contributed by atoms with van der Waals surface area (Å²) in [6, 6.07) is 2.66. The lowest BCUT2D eigenvalue weighted by Gasteiger charge is -2.14. The highest BCUT2D eigenvalue weighted by molar-refractivity contribution is 7.14. The van der Waals surface area contributed by atoms with E-state index < -0.39 is 30.2 Å². The Kier molecular flexibility index (Phi) is 6.62. The maximum absolute atomic E-state index is 12.4. The zero-order valence-electron chi connectivity index (χ0n) is 14.7. The fourth-order valence-electron chi connectivity index (χ4n) is 2.45. The van der Waals surface area contributed by atoms with Crippen molar-refractivity contribution in [3.63, 3.8) is 0 Å². The summed E-state index contributed by atoms with van der Waals surface area (Å²) in [4.78, 5) is 62.3. The summed E-state index contributed by atoms with van der Waals surface area (Å²) in [5, 5.41) is 2.67. The van der Waals surface area contributed by atoms with E-state index in [0.717, 1.165) is 16.2 Å². The van der Waals surface area contributed by atoms with Crippen LogP contribution in [-0.2, 0) is 20.8 Å². The highest BCUT2D eigenvalue weighted by Crippen LogP contribution is 2.20. The summed E-state index contributed by atoms with van der Waals surface area (Å²) in [7, 11) is 0. The largest absolute Gasteiger partial charge is 0.356 e. The lowest BCUT2D eigenvalue weighted by Crippen LogP contribution is -2.37. The molecule has 0 aliphatic carbocycles. The van der Waals surface area contributed by atoms with Gasteiger partial charge in [-0.2, -0.15) is 0 Å². The fraction of sp³-hybridized carbons (Fsp3) is 0.471. The van der Waals surface area contributed by atoms with Gasteiger partial charge in [-0.1, -0.05) is 13.3 Å². The maximum Gasteiger partial charge on any atom is 0.334 e. The lowest BCUT2D eigenvalue weighted by molar-refractivity contribution is -0.143. The van der Waals surface area contributed by atoms with Crippen LogP contribution in [0.15, 0.2) is 12.1 Å². The van der Waals surface area contributed by atoms with E-state index in [1.807, 2.05) is 6.92 Å². The smallest absolute Gasteiger partial charge is 0.334 e. The van der Waals surface area contributed by atoms with E-state index in [0.29, 0.717) is 29.2 Å². The third-order valence-electron chi connectivity index (χ3n) is 3.85. The molecule has 0 atom stereocenters. The number of thiophene rings is 1. The molecule has 0 aromatic carbocycles. The van der Waals surface area contributed by atoms with Gasteiger partial charge in [-0.05, 0) is 25.0 Å². The molecular weight excluding hydrogens is 358 g/mol. The van der Waals surface area contributed by atoms with Crippen molar-refractivity contribution in [1.82, 2.24) is 15.1 Å². The number of Topliss-reactive ketones (excluding diaryl/α,β-unsaturated/α-hetero) is 1. The van der Waals surface area contributed by atoms with Crippen molar-refractivity contribution in [3.05, 3.63) is 21.9 Å². The van der Waals surface area contributed by atoms with Gasteiger partial charge in [0.2, 0.25) is 5.91 Å². The molecule has 1 fully saturated rings. The van der Waals surface area contributed by atoms with E-state index >= 15 is 0 Å². The van der Waals surface area contributed by atoms with Crippen LogP contribution in [0, 0.1) is 0 Å². The van der Waals surface area contributed by atoms with E-state index in [4.69, 9.17) is 0 Å². The zero-order valence-corrected chi connectivity index (χ0v) is 15.6. The Morgan fingerprint density at radius 2 is 1.81 bits per heavy atom. The Bertz CT molecular complexity index is 743. The summed E-state index contributed by atoms with van der Waals surface area (Å²) in [6.07, 6.45) is 1.97. The predicted molar refractivity (Wildman–Crippen MR) is 94.8 cm³/mol. The van der Waals surface area contributed by atoms with Gasteiger partial charge < -0.3 is 5.32 Å². The van der Waals surface area contributed by atoms with E-state index in [1.165, 1.54) is 18.3 Å². The zero-order chi connectivity index (χ0) is 19.3. The Morgan fingerprint density at radius 3 is 2.46 bits per heavy atom. The fourth-order valence-corrected chi connectivity index (χ4v) is 3.39. The SMILES string of the molecule is CCCCN1C(=O)C(=O)N(CC(=O)c2ccc(CCNC(C)=O)s2)C1=O. The average molecular weight is 379 g/mol. The van der Waals surface area contributed by atoms with Crippen LogP contribution in [0.1, 0.15) is 41.2 Å². The van der Waals surface area contributed by atoms with Crippen LogP contribution >= 0.6 is 11.3 Å². The monoisotopic (exact) mass is 379 g/mol. The second-order valence-corrected chi connectivity index (χ2v) is 7.07. The summed E-state index contributed by atoms with van der Waals surface area (Å²) >= 11 is 1.25. The van der Waals surface area contributed by atoms with Crippen molar-refractivity contribution >= 4 is 40.9 Å². The minimum absolute atomic E-state index is 0.124. The second kappa shape index (κ2) is 8.70. The molecule has 1 saturated heterocycles. The molecule has 1 aromatic heterocycles. The first-order chi connectivity index (χ1) is 12.3. The van der Waals surface area contributed by atoms with Crippen molar-refractivity contribution in [2.24, 2.45) is 0 Å². The first-order valence-corrected chi connectivity index (χ1v) is 9.20. The van der Waals surface area contributed by atoms with Crippen molar-refractivity contribution in [1.29, 1.82) is 0 Å². The van der Waals surface area contributed by atoms with Crippen molar-refractivity contribution in [3.8, 4) is 0 Å². The number of nitrogens with one attached hydrogen (secondary N) is 1. The molecule has 0 saturated carbocycles. The Balaban J connectivity index is 1.97. The lowest BCUT2D eigenvalue weighted by atomic mass is 10.3. The third-order valence-corrected chi connectivity index (χ3v) is 5.04. The molecule has 9 heteroatoms. The number of hydrogen-bond acceptors (Lipinski definition) is 6. The van der Waals surface area contributed by atoms with E-state index in [2.05, 4.69) is 5.32 Å². The highest BCUT2D eigenvalue weighted by atomic mass is 32.1. The van der Waals surface area contributed by atoms with Gasteiger partial charge >= 0.3 is 17.8 Å². The first kappa shape index (κ1) is 19.8. The minimum atomic E-state index is -0.957. The average Bonchev–Trinajstić information content (AvgIpc) is 3.13. The molecule has 0 radical (unpaired) electrons. The van der Waals surface area contributed by atoms with Crippen molar-refractivity contribution in [2.45, 2.75) is 33.1 Å². The van der Waals surface area contributed by atoms with E-state index in [-0.39, 0.29) is 12.5 Å². The molecule has 1 aromatic rings. The van der Waals surface area contributed by atoms with Gasteiger partial charge in [0.25, 0.3) is 0 Å². The molecule has 140 valence electrons. The number of ketones is 1. The molecular formula is C17H21N3O5S. The van der Waals surface area contributed by atoms with Crippen LogP contribution in [0.2, 0.25) is 0 Å². The Morgan fingerprint density at radius 1 is 1.12 bits per heavy atom. The normalized spacial score (nSPS) is 14.3. The number of unbranched alkanes of at least 4 members (excludes halogenated alkanes) is 1. The molecule has 5 amide bonds. The summed E-state index contributed by atoms with van der Waals surface area (Å²) in [5.74, 6) is -2.35. The van der Waals surface area contributed by atoms with Crippen LogP contribution in [-0.4, -0.2) is 59.0 Å². The van der Waals surface area contributed by atoms with Crippen molar-refractivity contribution in [2.75, 3.05) is 19.6 Å². The van der Waals surface area contributed by atoms with Crippen LogP contribution < -0.4 is 5.32 Å². The van der Waals surface area contributed by atoms with Gasteiger partial charge in [0.05, 0.1) is 11.4 Å². The number of carbonyl (C=O) groups is 5. The number of amides is 5. The topological polar surface area (TPSA) is 104 Å². The van der Waals surface area contributed by atoms with Crippen LogP contribution in [0.5, 0.6) is 0 Å². The first-order valence-electron chi connectivity index (χ1n) is 8.38. The Hall–Kier alpha value is -2.55. The number of carbonyl (C=O) groups excluding carboxylic acids is 5. The predicted octanol–water partition coefficient (Wildman–Crippen LogP) is 1.20. The van der Waals surface area contributed by atoms with Crippen LogP contribution in [0.3, 0.4) is 0 Å². The van der Waals surface area contributed by atoms with E-state index in [9.17, 15) is 24.0 Å². The number of imide groups is 2. The minimum Gasteiger partial charge on any atom is -0.356 e. The van der Waals surface area contributed by atoms with Crippen LogP contribution in [0.4, 0.5) is 4.79 Å². The molecule has 26 heavy (non-hydrogen) atoms. The molecule has 0 bridgehead atoms. The summed E-state index contributed by atoms with van der Waals surface area (Å²) < 4.78 is 0. The van der Waals surface area contributed by atoms with Gasteiger partial charge in [0.15, 0.2) is 5.78 Å². The number of rotatable bonds is 9. The maximum atomic E-state index is 12.4. The molecule has 1 aliphatic rings. The van der Waals surface area contributed by atoms with Crippen molar-refractivity contribution < 1.29 is 24.0 Å². The van der Waals surface area contributed by atoms with Gasteiger partial charge in [0.1, 0.15) is 0 Å². The molecule has 0 spiro atoms. The molecule has 8 nitrogen and oxygen atoms in total. The van der Waals surface area contributed by atoms with Gasteiger partial charge in [0, 0.05) is 24.9 Å². The summed E-state index contributed by atoms with van der Waals surface area (Å²) in [5.41, 5.74) is 0. The Labute approximate surface area is 155 Å². The quantitative estimate of drug-likeness (QED) is 0.394. The molecule has 2 rings (SSSR count). The number of urea groups is 1. The number of hydrogen-bond donors (Lipinski definition) is 1. The molecule has 2 heterocycles. The van der Waals surface area contributed by atoms with Gasteiger partial charge in [-0.3, -0.25) is 24.1 Å². The van der Waals surface area contributed by atoms with Crippen LogP contribution in [0.25, 0.3) is 0 Å². The molecule has 1 N–H and O–H groups in total. The van der Waals surface area contributed by atoms with Gasteiger partial charge in [-0.25, -0.2) is 9.69 Å². The standard InChI is InChI=1S/C17H21N3O5S/c1-3-4-9-19-15(23)16(24)20(17(19)25)10-13(22)14-6-5-12(26-14)7-8-18-11(2)21/h5-6H,3-4,7-10H2,1-2H3,(H,18,21). The van der Waals surface area contributed by atoms with E-state index in [1.54, 1.807) is 12.1 Å². The third kappa shape index (κ3) is 4.54. The molecule has 0 unspecified atom stereocenters. The highest BCUT2D eigenvalue weighted by Gasteiger charge is 2.44. The second-order valence-electron chi connectivity index (χ2n) is 5.91. The summed E-state index contributed by atoms with van der Waals surface area (Å²) in [6.45, 7) is 3.54. The molecule has 1 aliphatic heterocycles. The number of nitrogens with zero attached hydrogens (tertiary/aromatic N) is 2. The van der Waals surface area contributed by atoms with Gasteiger partial charge in [-0.15, -0.1) is 11.3 Å².